The Labute approximate surface area is 746 Å². The maximum absolute atomic E-state index is 11.6. The number of carbonyl (C=O) groups is 12. The maximum atomic E-state index is 11.6. The van der Waals surface area contributed by atoms with Crippen LogP contribution in [-0.2, 0) is 47.9 Å². The van der Waals surface area contributed by atoms with Crippen LogP contribution in [-0.4, -0.2) is 410 Å². The number of piperidine rings is 5. The van der Waals surface area contributed by atoms with E-state index in [1.165, 1.54) is 46.3 Å². The minimum absolute atomic E-state index is 0.00463. The van der Waals surface area contributed by atoms with Crippen molar-refractivity contribution in [2.45, 2.75) is 154 Å². The number of likely N-dealkylation sites (tertiary alicyclic amines) is 3. The number of nitrogens with zero attached hydrogens (tertiary/aromatic N) is 5. The lowest BCUT2D eigenvalue weighted by Crippen LogP contribution is -2.62. The SMILES string of the molecule is CCC(=O)CC1CNC1.CNC(=O)C1(CO)CNC1.CNC(=O)C1(O)CCNC1.CNC(=O)C1CCCNC1.CNC(=O)C1CCN(C2CCN(C)CC2)CC1.CNC(=O)C1CCN(C2CCNC2)CC1.CNC(=O)C1CCNC1.CNC(=O)C1CCNCC1.CNC(=O)C1CNC1.CNC(=O)N1CC(C)NC(C)C1.CNC(=O)N1CCNCC1.CNC(C)=O. The molecule has 6 unspecified atom stereocenters. The van der Waals surface area contributed by atoms with Gasteiger partial charge in [-0.15, -0.1) is 0 Å². The summed E-state index contributed by atoms with van der Waals surface area (Å²) >= 11 is 0. The molecule has 40 nitrogen and oxygen atoms in total. The van der Waals surface area contributed by atoms with Crippen molar-refractivity contribution in [1.29, 1.82) is 0 Å². The standard InChI is InChI=1S/C13H25N3O.C11H21N3O.C8H17N3O.2C7H14N2O.C7H13NO.C6H13N3O.2C6H12N2O2.C6H12N2O.C5H10N2O.C3H7NO/c1-14-13(17)11-3-9-16(10-4-11)12-5-7-15(2)8-6-12;1-12-11(15)9-3-6-14(7-4-9)10-2-5-13-8-10;1-6-4-11(8(12)9-3)5-7(2)10-6;1-8-7(10)6-2-4-9-5-3-6;1-8-7(10)6-3-2-4-9-5-6;1-2-7(9)3-6-4-8-5-6;1-7-6(10)9-4-2-8-3-5-9;1-7-5(10)6(4-9)2-8-3-6;1-7-5(9)6(10)2-3-8-4-6;1-7-6(9)5-2-3-8-4-5;1-6-5(8)4-2-7-3-4;1-3(5)4-2/h11-12H,3-10H2,1-2H3,(H,14,17);9-10,13H,2-8H2,1H3,(H,12,15);6-7,10H,4-5H2,1-3H3,(H,9,12);2*6,9H,2-5H2,1H3,(H,8,10);6,8H,2-5H2,1H3;8H,2-5H2,1H3,(H,7,10);8-9H,2-4H2,1H3,(H,7,10);8,10H,2-4H2,1H3,(H,7,9);5,8H,2-4H2,1H3,(H,7,9);4,7H,2-3H2,1H3,(H,6,8);1-2H3,(H,4,5). The quantitative estimate of drug-likeness (QED) is 0.0771. The predicted octanol–water partition coefficient (Wildman–Crippen LogP) is -5.56. The van der Waals surface area contributed by atoms with Gasteiger partial charge in [0.2, 0.25) is 47.3 Å². The minimum atomic E-state index is -1.16. The molecule has 0 aromatic carbocycles. The highest BCUT2D eigenvalue weighted by molar-refractivity contribution is 5.86. The molecule has 0 spiro atoms. The van der Waals surface area contributed by atoms with Crippen molar-refractivity contribution in [2.24, 2.45) is 46.8 Å². The molecular formula is C85H170N26O14. The Bertz CT molecular complexity index is 2930. The first kappa shape index (κ1) is 114. The van der Waals surface area contributed by atoms with Crippen LogP contribution in [0.3, 0.4) is 0 Å². The Kier molecular flexibility index (Phi) is 60.4. The number of nitrogens with one attached hydrogen (secondary N) is 21. The number of hydrogen-bond donors (Lipinski definition) is 23. The lowest BCUT2D eigenvalue weighted by molar-refractivity contribution is -0.137. The van der Waals surface area contributed by atoms with E-state index in [1.54, 1.807) is 75.4 Å². The smallest absolute Gasteiger partial charge is 0.317 e. The summed E-state index contributed by atoms with van der Waals surface area (Å²) in [5, 5.41) is 78.4. The molecule has 0 aromatic heterocycles. The van der Waals surface area contributed by atoms with Gasteiger partial charge in [0, 0.05) is 231 Å². The van der Waals surface area contributed by atoms with E-state index in [0.717, 1.165) is 220 Å². The van der Waals surface area contributed by atoms with Crippen LogP contribution in [0.15, 0.2) is 0 Å². The van der Waals surface area contributed by atoms with Crippen LogP contribution in [0.1, 0.15) is 124 Å². The number of amides is 13. The second-order valence-electron chi connectivity index (χ2n) is 33.9. The Morgan fingerprint density at radius 1 is 0.376 bits per heavy atom. The van der Waals surface area contributed by atoms with Crippen molar-refractivity contribution in [3.05, 3.63) is 0 Å². The van der Waals surface area contributed by atoms with Gasteiger partial charge in [-0.25, -0.2) is 9.59 Å². The number of aliphatic hydroxyl groups is 2. The average Bonchev–Trinajstić information content (AvgIpc) is 1.42. The molecule has 0 bridgehead atoms. The zero-order valence-electron chi connectivity index (χ0n) is 79.0. The highest BCUT2D eigenvalue weighted by Gasteiger charge is 2.43. The van der Waals surface area contributed by atoms with Gasteiger partial charge in [0.25, 0.3) is 5.91 Å². The molecule has 0 aliphatic carbocycles. The van der Waals surface area contributed by atoms with Gasteiger partial charge in [0.05, 0.1) is 29.8 Å². The van der Waals surface area contributed by atoms with Crippen molar-refractivity contribution >= 4 is 71.0 Å². The first-order valence-electron chi connectivity index (χ1n) is 45.9. The van der Waals surface area contributed by atoms with Crippen molar-refractivity contribution in [2.75, 3.05) is 274 Å². The normalized spacial score (nSPS) is 24.2. The summed E-state index contributed by atoms with van der Waals surface area (Å²) in [6.45, 7) is 33.4. The molecule has 40 heteroatoms. The van der Waals surface area contributed by atoms with E-state index in [9.17, 15) is 62.6 Å². The summed E-state index contributed by atoms with van der Waals surface area (Å²) < 4.78 is 0. The van der Waals surface area contributed by atoms with Gasteiger partial charge in [0.15, 0.2) is 5.60 Å². The number of Topliss-reactive ketones (excluding diaryl/α,β-unsaturated/α-hetero) is 1. The number of urea groups is 2. The number of β-amino-alcohol motifs (C(OH)–C–C–N with tert-alkyl or cyclic N) is 1. The second kappa shape index (κ2) is 66.2. The van der Waals surface area contributed by atoms with Crippen molar-refractivity contribution in [3.8, 4) is 0 Å². The molecule has 6 atom stereocenters. The molecule has 13 saturated heterocycles. The molecule has 0 radical (unpaired) electrons. The van der Waals surface area contributed by atoms with Crippen LogP contribution >= 0.6 is 0 Å². The molecule has 0 aromatic rings. The third-order valence-electron chi connectivity index (χ3n) is 24.5. The van der Waals surface area contributed by atoms with Crippen molar-refractivity contribution in [3.63, 3.8) is 0 Å². The number of rotatable bonds is 14. The molecule has 13 heterocycles. The van der Waals surface area contributed by atoms with E-state index in [1.807, 2.05) is 11.8 Å². The topological polar surface area (TPSA) is 514 Å². The van der Waals surface area contributed by atoms with Gasteiger partial charge in [-0.1, -0.05) is 6.92 Å². The fraction of sp³-hybridized carbons (Fsp3) is 0.859. The summed E-state index contributed by atoms with van der Waals surface area (Å²) in [5.41, 5.74) is -1.69. The van der Waals surface area contributed by atoms with E-state index in [-0.39, 0.29) is 107 Å². The van der Waals surface area contributed by atoms with Gasteiger partial charge in [0.1, 0.15) is 5.78 Å². The van der Waals surface area contributed by atoms with Crippen LogP contribution in [0.25, 0.3) is 0 Å². The Hall–Kier alpha value is -7.16. The molecule has 13 rings (SSSR count). The van der Waals surface area contributed by atoms with E-state index in [2.05, 4.69) is 147 Å². The Morgan fingerprint density at radius 3 is 1.13 bits per heavy atom. The van der Waals surface area contributed by atoms with E-state index in [4.69, 9.17) is 5.11 Å². The maximum Gasteiger partial charge on any atom is 0.317 e. The molecule has 13 amide bonds. The molecule has 13 fully saturated rings. The molecule has 13 aliphatic heterocycles. The van der Waals surface area contributed by atoms with Crippen LogP contribution < -0.4 is 112 Å². The monoisotopic (exact) mass is 1780 g/mol. The molecule has 0 saturated carbocycles. The third kappa shape index (κ3) is 45.1. The van der Waals surface area contributed by atoms with Crippen molar-refractivity contribution in [1.82, 2.24) is 136 Å². The fourth-order valence-corrected chi connectivity index (χ4v) is 15.9. The number of ketones is 1. The van der Waals surface area contributed by atoms with Crippen LogP contribution in [0.2, 0.25) is 0 Å². The van der Waals surface area contributed by atoms with Gasteiger partial charge < -0.3 is 141 Å². The molecule has 13 aliphatic rings. The molecule has 125 heavy (non-hydrogen) atoms. The number of aliphatic hydroxyl groups excluding tert-OH is 1. The Morgan fingerprint density at radius 2 is 0.784 bits per heavy atom. The highest BCUT2D eigenvalue weighted by atomic mass is 16.3. The highest BCUT2D eigenvalue weighted by Crippen LogP contribution is 2.26. The van der Waals surface area contributed by atoms with E-state index < -0.39 is 11.0 Å². The summed E-state index contributed by atoms with van der Waals surface area (Å²) in [6, 6.07) is 2.32. The van der Waals surface area contributed by atoms with Crippen molar-refractivity contribution < 1.29 is 67.7 Å². The minimum Gasteiger partial charge on any atom is -0.395 e. The van der Waals surface area contributed by atoms with Crippen LogP contribution in [0, 0.1) is 46.8 Å². The first-order chi connectivity index (χ1) is 59.9. The molecule has 724 valence electrons. The lowest BCUT2D eigenvalue weighted by atomic mass is 9.82. The van der Waals surface area contributed by atoms with Gasteiger partial charge in [-0.05, 0) is 202 Å². The Balaban J connectivity index is 0.000000466. The summed E-state index contributed by atoms with van der Waals surface area (Å²) in [7, 11) is 20.4. The summed E-state index contributed by atoms with van der Waals surface area (Å²) in [5.74, 6) is 3.25. The van der Waals surface area contributed by atoms with Gasteiger partial charge >= 0.3 is 12.1 Å². The third-order valence-corrected chi connectivity index (χ3v) is 24.5. The first-order valence-corrected chi connectivity index (χ1v) is 45.9. The largest absolute Gasteiger partial charge is 0.395 e. The number of hydrogen-bond acceptors (Lipinski definition) is 27. The molecule has 23 N–H and O–H groups in total. The molecular weight excluding hydrogens is 1610 g/mol. The van der Waals surface area contributed by atoms with E-state index >= 15 is 0 Å². The lowest BCUT2D eigenvalue weighted by Gasteiger charge is -2.40. The zero-order valence-corrected chi connectivity index (χ0v) is 79.0. The van der Waals surface area contributed by atoms with Crippen LogP contribution in [0.4, 0.5) is 9.59 Å². The van der Waals surface area contributed by atoms with Crippen LogP contribution in [0.5, 0.6) is 0 Å². The van der Waals surface area contributed by atoms with Gasteiger partial charge in [-0.2, -0.15) is 0 Å². The summed E-state index contributed by atoms with van der Waals surface area (Å²) in [6.07, 6.45) is 15.1. The predicted molar refractivity (Wildman–Crippen MR) is 489 cm³/mol. The van der Waals surface area contributed by atoms with E-state index in [0.29, 0.717) is 62.8 Å². The fourth-order valence-electron chi connectivity index (χ4n) is 15.9. The van der Waals surface area contributed by atoms with Gasteiger partial charge in [-0.3, -0.25) is 52.8 Å². The second-order valence-corrected chi connectivity index (χ2v) is 33.9. The average molecular weight is 1780 g/mol. The number of carbonyl (C=O) groups excluding carboxylic acids is 12. The number of piperazine rings is 2. The number of likely N-dealkylation sites (N-methyl/N-ethyl adjacent to an activating group) is 1. The zero-order chi connectivity index (χ0) is 93.1. The summed E-state index contributed by atoms with van der Waals surface area (Å²) in [4.78, 5) is 142.